The highest BCUT2D eigenvalue weighted by Gasteiger charge is 2.26. The van der Waals surface area contributed by atoms with E-state index in [0.717, 1.165) is 16.5 Å². The van der Waals surface area contributed by atoms with E-state index in [0.29, 0.717) is 19.5 Å². The van der Waals surface area contributed by atoms with Gasteiger partial charge in [-0.25, -0.2) is 0 Å². The molecule has 1 aromatic carbocycles. The van der Waals surface area contributed by atoms with Crippen molar-refractivity contribution in [3.05, 3.63) is 34.3 Å². The molecule has 0 heterocycles. The quantitative estimate of drug-likeness (QED) is 0.723. The zero-order chi connectivity index (χ0) is 17.5. The number of carbonyl (C=O) groups excluding carboxylic acids is 2. The standard InChI is InChI=1S/C17H26BrN3O2/c1-4-10-17(2,19)16(23)20-11-9-15(22)21(3)12-13-7-5-6-8-14(13)18/h5-8H,4,9-12,19H2,1-3H3,(H,20,23). The first-order valence-corrected chi connectivity index (χ1v) is 8.61. The lowest BCUT2D eigenvalue weighted by molar-refractivity contribution is -0.130. The summed E-state index contributed by atoms with van der Waals surface area (Å²) in [6, 6.07) is 7.80. The summed E-state index contributed by atoms with van der Waals surface area (Å²) < 4.78 is 0.978. The van der Waals surface area contributed by atoms with Crippen molar-refractivity contribution in [1.82, 2.24) is 10.2 Å². The monoisotopic (exact) mass is 383 g/mol. The minimum absolute atomic E-state index is 0.0183. The van der Waals surface area contributed by atoms with Crippen LogP contribution in [0.1, 0.15) is 38.7 Å². The van der Waals surface area contributed by atoms with Crippen molar-refractivity contribution in [2.75, 3.05) is 13.6 Å². The Morgan fingerprint density at radius 2 is 2.00 bits per heavy atom. The Labute approximate surface area is 146 Å². The van der Waals surface area contributed by atoms with E-state index in [9.17, 15) is 9.59 Å². The van der Waals surface area contributed by atoms with E-state index in [1.54, 1.807) is 18.9 Å². The molecule has 0 radical (unpaired) electrons. The second-order valence-electron chi connectivity index (χ2n) is 6.01. The highest BCUT2D eigenvalue weighted by atomic mass is 79.9. The van der Waals surface area contributed by atoms with E-state index in [4.69, 9.17) is 5.73 Å². The summed E-state index contributed by atoms with van der Waals surface area (Å²) in [4.78, 5) is 25.8. The molecule has 23 heavy (non-hydrogen) atoms. The van der Waals surface area contributed by atoms with Crippen LogP contribution in [0.3, 0.4) is 0 Å². The number of benzene rings is 1. The summed E-state index contributed by atoms with van der Waals surface area (Å²) in [5.74, 6) is -0.226. The average molecular weight is 384 g/mol. The molecule has 0 bridgehead atoms. The number of nitrogens with two attached hydrogens (primary N) is 1. The van der Waals surface area contributed by atoms with Gasteiger partial charge in [0.15, 0.2) is 0 Å². The van der Waals surface area contributed by atoms with Crippen LogP contribution in [0.2, 0.25) is 0 Å². The van der Waals surface area contributed by atoms with Gasteiger partial charge in [-0.2, -0.15) is 0 Å². The molecule has 1 rings (SSSR count). The maximum absolute atomic E-state index is 12.1. The van der Waals surface area contributed by atoms with Gasteiger partial charge in [-0.15, -0.1) is 0 Å². The van der Waals surface area contributed by atoms with E-state index in [2.05, 4.69) is 21.2 Å². The fourth-order valence-corrected chi connectivity index (χ4v) is 2.69. The van der Waals surface area contributed by atoms with Crippen LogP contribution < -0.4 is 11.1 Å². The second kappa shape index (κ2) is 9.03. The lowest BCUT2D eigenvalue weighted by Gasteiger charge is -2.23. The molecular formula is C17H26BrN3O2. The molecule has 0 saturated heterocycles. The molecule has 1 aromatic rings. The topological polar surface area (TPSA) is 75.4 Å². The Morgan fingerprint density at radius 1 is 1.35 bits per heavy atom. The van der Waals surface area contributed by atoms with E-state index >= 15 is 0 Å². The lowest BCUT2D eigenvalue weighted by atomic mass is 9.96. The number of rotatable bonds is 8. The number of nitrogens with one attached hydrogen (secondary N) is 1. The predicted molar refractivity (Wildman–Crippen MR) is 95.7 cm³/mol. The van der Waals surface area contributed by atoms with Gasteiger partial charge in [-0.1, -0.05) is 47.5 Å². The van der Waals surface area contributed by atoms with Crippen LogP contribution >= 0.6 is 15.9 Å². The first-order chi connectivity index (χ1) is 10.8. The van der Waals surface area contributed by atoms with Crippen molar-refractivity contribution in [1.29, 1.82) is 0 Å². The van der Waals surface area contributed by atoms with Gasteiger partial charge >= 0.3 is 0 Å². The van der Waals surface area contributed by atoms with Gasteiger partial charge in [-0.3, -0.25) is 9.59 Å². The van der Waals surface area contributed by atoms with Crippen molar-refractivity contribution in [3.8, 4) is 0 Å². The summed E-state index contributed by atoms with van der Waals surface area (Å²) in [6.07, 6.45) is 1.72. The van der Waals surface area contributed by atoms with Gasteiger partial charge in [-0.05, 0) is 25.0 Å². The third kappa shape index (κ3) is 6.31. The second-order valence-corrected chi connectivity index (χ2v) is 6.87. The lowest BCUT2D eigenvalue weighted by Crippen LogP contribution is -2.52. The SMILES string of the molecule is CCCC(C)(N)C(=O)NCCC(=O)N(C)Cc1ccccc1Br. The Hall–Kier alpha value is -1.40. The third-order valence-corrected chi connectivity index (χ3v) is 4.48. The Balaban J connectivity index is 2.42. The van der Waals surface area contributed by atoms with E-state index in [1.165, 1.54) is 0 Å². The number of hydrogen-bond acceptors (Lipinski definition) is 3. The molecular weight excluding hydrogens is 358 g/mol. The molecule has 0 saturated carbocycles. The number of carbonyl (C=O) groups is 2. The summed E-state index contributed by atoms with van der Waals surface area (Å²) in [5.41, 5.74) is 6.12. The molecule has 0 aromatic heterocycles. The number of hydrogen-bond donors (Lipinski definition) is 2. The normalized spacial score (nSPS) is 13.3. The molecule has 2 amide bonds. The minimum atomic E-state index is -0.876. The van der Waals surface area contributed by atoms with E-state index in [1.807, 2.05) is 31.2 Å². The van der Waals surface area contributed by atoms with Crippen molar-refractivity contribution in [3.63, 3.8) is 0 Å². The molecule has 3 N–H and O–H groups in total. The van der Waals surface area contributed by atoms with Gasteiger partial charge in [0, 0.05) is 31.0 Å². The first-order valence-electron chi connectivity index (χ1n) is 7.82. The molecule has 1 atom stereocenters. The summed E-state index contributed by atoms with van der Waals surface area (Å²) in [7, 11) is 1.76. The van der Waals surface area contributed by atoms with Crippen LogP contribution in [-0.4, -0.2) is 35.8 Å². The number of amides is 2. The fraction of sp³-hybridized carbons (Fsp3) is 0.529. The van der Waals surface area contributed by atoms with Crippen molar-refractivity contribution < 1.29 is 9.59 Å². The van der Waals surface area contributed by atoms with Crippen molar-refractivity contribution >= 4 is 27.7 Å². The molecule has 0 aliphatic heterocycles. The van der Waals surface area contributed by atoms with Gasteiger partial charge in [0.1, 0.15) is 0 Å². The number of halogens is 1. The average Bonchev–Trinajstić information content (AvgIpc) is 2.49. The number of nitrogens with zero attached hydrogens (tertiary/aromatic N) is 1. The van der Waals surface area contributed by atoms with Crippen LogP contribution in [0.25, 0.3) is 0 Å². The van der Waals surface area contributed by atoms with Crippen LogP contribution in [0.4, 0.5) is 0 Å². The molecule has 5 nitrogen and oxygen atoms in total. The third-order valence-electron chi connectivity index (χ3n) is 3.70. The van der Waals surface area contributed by atoms with Crippen molar-refractivity contribution in [2.24, 2.45) is 5.73 Å². The molecule has 0 spiro atoms. The van der Waals surface area contributed by atoms with E-state index < -0.39 is 5.54 Å². The smallest absolute Gasteiger partial charge is 0.239 e. The fourth-order valence-electron chi connectivity index (χ4n) is 2.28. The van der Waals surface area contributed by atoms with Crippen LogP contribution in [-0.2, 0) is 16.1 Å². The molecule has 128 valence electrons. The molecule has 0 aliphatic carbocycles. The Morgan fingerprint density at radius 3 is 2.61 bits per heavy atom. The maximum atomic E-state index is 12.1. The molecule has 1 unspecified atom stereocenters. The summed E-state index contributed by atoms with van der Waals surface area (Å²) in [6.45, 7) is 4.53. The zero-order valence-corrected chi connectivity index (χ0v) is 15.6. The summed E-state index contributed by atoms with van der Waals surface area (Å²) >= 11 is 3.47. The van der Waals surface area contributed by atoms with E-state index in [-0.39, 0.29) is 18.2 Å². The molecule has 6 heteroatoms. The Kier molecular flexibility index (Phi) is 7.72. The minimum Gasteiger partial charge on any atom is -0.354 e. The highest BCUT2D eigenvalue weighted by molar-refractivity contribution is 9.10. The Bertz CT molecular complexity index is 546. The molecule has 0 aliphatic rings. The first kappa shape index (κ1) is 19.6. The molecule has 0 fully saturated rings. The summed E-state index contributed by atoms with van der Waals surface area (Å²) in [5, 5.41) is 2.75. The van der Waals surface area contributed by atoms with Crippen LogP contribution in [0.15, 0.2) is 28.7 Å². The van der Waals surface area contributed by atoms with Crippen molar-refractivity contribution in [2.45, 2.75) is 45.2 Å². The predicted octanol–water partition coefficient (Wildman–Crippen LogP) is 2.43. The van der Waals surface area contributed by atoms with Crippen LogP contribution in [0.5, 0.6) is 0 Å². The van der Waals surface area contributed by atoms with Gasteiger partial charge in [0.05, 0.1) is 5.54 Å². The highest BCUT2D eigenvalue weighted by Crippen LogP contribution is 2.17. The van der Waals surface area contributed by atoms with Gasteiger partial charge in [0.2, 0.25) is 11.8 Å². The van der Waals surface area contributed by atoms with Crippen LogP contribution in [0, 0.1) is 0 Å². The van der Waals surface area contributed by atoms with Gasteiger partial charge in [0.25, 0.3) is 0 Å². The van der Waals surface area contributed by atoms with Gasteiger partial charge < -0.3 is 16.0 Å². The largest absolute Gasteiger partial charge is 0.354 e. The zero-order valence-electron chi connectivity index (χ0n) is 14.1. The maximum Gasteiger partial charge on any atom is 0.239 e.